The number of nitrogens with zero attached hydrogens (tertiary/aromatic N) is 3. The molecule has 0 radical (unpaired) electrons. The summed E-state index contributed by atoms with van der Waals surface area (Å²) in [6.45, 7) is 0. The Kier molecular flexibility index (Phi) is 5.21. The predicted octanol–water partition coefficient (Wildman–Crippen LogP) is 6.39. The minimum atomic E-state index is 0.673. The molecular formula is C33H23N3O. The van der Waals surface area contributed by atoms with Gasteiger partial charge in [0.15, 0.2) is 17.5 Å². The summed E-state index contributed by atoms with van der Waals surface area (Å²) in [6.07, 6.45) is 3.90. The van der Waals surface area contributed by atoms with Crippen LogP contribution in [0.1, 0.15) is 18.7 Å². The van der Waals surface area contributed by atoms with Crippen molar-refractivity contribution in [1.29, 1.82) is 0 Å². The van der Waals surface area contributed by atoms with Crippen LogP contribution in [0.5, 0.6) is 0 Å². The van der Waals surface area contributed by atoms with Crippen LogP contribution in [0, 0.1) is 0 Å². The Labute approximate surface area is 214 Å². The predicted molar refractivity (Wildman–Crippen MR) is 148 cm³/mol. The van der Waals surface area contributed by atoms with E-state index < -0.39 is 0 Å². The minimum absolute atomic E-state index is 0.673. The van der Waals surface area contributed by atoms with Crippen LogP contribution in [-0.2, 0) is 0 Å². The maximum Gasteiger partial charge on any atom is 0.164 e. The lowest BCUT2D eigenvalue weighted by molar-refractivity contribution is 0.571. The summed E-state index contributed by atoms with van der Waals surface area (Å²) in [6, 6.07) is 37.0. The van der Waals surface area contributed by atoms with Gasteiger partial charge < -0.3 is 4.42 Å². The zero-order valence-electron chi connectivity index (χ0n) is 20.1. The number of fused-ring (bicyclic) bond motifs is 3. The topological polar surface area (TPSA) is 51.8 Å². The molecule has 0 unspecified atom stereocenters. The van der Waals surface area contributed by atoms with Crippen LogP contribution in [0.3, 0.4) is 0 Å². The van der Waals surface area contributed by atoms with Gasteiger partial charge in [-0.15, -0.1) is 0 Å². The van der Waals surface area contributed by atoms with Gasteiger partial charge in [0.25, 0.3) is 0 Å². The third kappa shape index (κ3) is 3.93. The van der Waals surface area contributed by atoms with Crippen LogP contribution >= 0.6 is 0 Å². The lowest BCUT2D eigenvalue weighted by Gasteiger charge is -2.11. The average Bonchev–Trinajstić information content (AvgIpc) is 3.36. The second kappa shape index (κ2) is 8.99. The average molecular weight is 478 g/mol. The molecule has 0 aliphatic heterocycles. The maximum atomic E-state index is 6.39. The Hall–Kier alpha value is -4.83. The van der Waals surface area contributed by atoms with Crippen molar-refractivity contribution >= 4 is 22.6 Å². The van der Waals surface area contributed by atoms with Gasteiger partial charge in [0.05, 0.1) is 0 Å². The molecule has 176 valence electrons. The van der Waals surface area contributed by atoms with Crippen LogP contribution in [0.2, 0.25) is 0 Å². The van der Waals surface area contributed by atoms with E-state index in [1.54, 1.807) is 0 Å². The lowest BCUT2D eigenvalue weighted by Crippen LogP contribution is -2.27. The monoisotopic (exact) mass is 477 g/mol. The van der Waals surface area contributed by atoms with Gasteiger partial charge in [-0.3, -0.25) is 0 Å². The molecule has 0 N–H and O–H groups in total. The molecule has 0 amide bonds. The first kappa shape index (κ1) is 21.5. The molecule has 4 nitrogen and oxygen atoms in total. The van der Waals surface area contributed by atoms with Crippen LogP contribution in [0.15, 0.2) is 114 Å². The van der Waals surface area contributed by atoms with E-state index in [1.165, 1.54) is 5.56 Å². The highest BCUT2D eigenvalue weighted by Gasteiger charge is 2.19. The fourth-order valence-electron chi connectivity index (χ4n) is 5.02. The number of hydrogen-bond acceptors (Lipinski definition) is 4. The van der Waals surface area contributed by atoms with E-state index in [4.69, 9.17) is 19.4 Å². The summed E-state index contributed by atoms with van der Waals surface area (Å²) in [4.78, 5) is 14.8. The molecule has 0 saturated heterocycles. The summed E-state index contributed by atoms with van der Waals surface area (Å²) < 4.78 is 6.39. The van der Waals surface area contributed by atoms with Crippen molar-refractivity contribution in [3.8, 4) is 33.9 Å². The highest BCUT2D eigenvalue weighted by molar-refractivity contribution is 5.87. The molecular weight excluding hydrogens is 454 g/mol. The highest BCUT2D eigenvalue weighted by Crippen LogP contribution is 2.27. The van der Waals surface area contributed by atoms with E-state index in [0.29, 0.717) is 17.5 Å². The zero-order valence-corrected chi connectivity index (χ0v) is 20.1. The number of benzene rings is 4. The second-order valence-corrected chi connectivity index (χ2v) is 9.18. The maximum absolute atomic E-state index is 6.39. The minimum Gasteiger partial charge on any atom is -0.456 e. The SMILES string of the molecule is C1=c2oc3cc(-c4ccccc4)ccc3c2=C(c2nc(-c3ccccc3)nc(-c3ccccc3)n2)CC1. The fourth-order valence-corrected chi connectivity index (χ4v) is 5.02. The summed E-state index contributed by atoms with van der Waals surface area (Å²) in [7, 11) is 0. The van der Waals surface area contributed by atoms with Crippen molar-refractivity contribution in [2.45, 2.75) is 12.8 Å². The van der Waals surface area contributed by atoms with Crippen LogP contribution in [0.4, 0.5) is 0 Å². The molecule has 1 aliphatic carbocycles. The van der Waals surface area contributed by atoms with Crippen molar-refractivity contribution in [3.05, 3.63) is 126 Å². The summed E-state index contributed by atoms with van der Waals surface area (Å²) in [5.41, 5.74) is 7.11. The van der Waals surface area contributed by atoms with E-state index >= 15 is 0 Å². The normalized spacial score (nSPS) is 12.8. The van der Waals surface area contributed by atoms with Gasteiger partial charge in [0.2, 0.25) is 0 Å². The van der Waals surface area contributed by atoms with E-state index in [2.05, 4.69) is 48.5 Å². The Bertz CT molecular complexity index is 1800. The van der Waals surface area contributed by atoms with Gasteiger partial charge >= 0.3 is 0 Å². The first-order chi connectivity index (χ1) is 18.3. The van der Waals surface area contributed by atoms with Gasteiger partial charge in [0, 0.05) is 27.3 Å². The first-order valence-electron chi connectivity index (χ1n) is 12.5. The van der Waals surface area contributed by atoms with E-state index in [1.807, 2.05) is 66.7 Å². The van der Waals surface area contributed by atoms with Gasteiger partial charge in [0.1, 0.15) is 11.0 Å². The van der Waals surface area contributed by atoms with E-state index in [9.17, 15) is 0 Å². The van der Waals surface area contributed by atoms with E-state index in [0.717, 1.165) is 56.7 Å². The largest absolute Gasteiger partial charge is 0.456 e. The Morgan fingerprint density at radius 1 is 0.541 bits per heavy atom. The molecule has 0 fully saturated rings. The standard InChI is InChI=1S/C33H23N3O/c1-4-11-22(12-5-1)25-19-20-26-29(21-25)37-28-18-10-17-27(30(26)28)33-35-31(23-13-6-2-7-14-23)34-32(36-33)24-15-8-3-9-16-24/h1-9,11-16,18-21H,10,17H2. The van der Waals surface area contributed by atoms with Crippen LogP contribution in [0.25, 0.3) is 56.5 Å². The molecule has 2 heterocycles. The van der Waals surface area contributed by atoms with Crippen LogP contribution < -0.4 is 10.6 Å². The smallest absolute Gasteiger partial charge is 0.164 e. The molecule has 0 atom stereocenters. The second-order valence-electron chi connectivity index (χ2n) is 9.18. The van der Waals surface area contributed by atoms with Gasteiger partial charge in [-0.2, -0.15) is 0 Å². The molecule has 0 bridgehead atoms. The Morgan fingerprint density at radius 3 is 1.73 bits per heavy atom. The molecule has 4 aromatic carbocycles. The number of hydrogen-bond donors (Lipinski definition) is 0. The Morgan fingerprint density at radius 2 is 1.11 bits per heavy atom. The van der Waals surface area contributed by atoms with Crippen molar-refractivity contribution in [2.75, 3.05) is 0 Å². The number of rotatable bonds is 4. The van der Waals surface area contributed by atoms with Crippen molar-refractivity contribution in [1.82, 2.24) is 15.0 Å². The quantitative estimate of drug-likeness (QED) is 0.295. The highest BCUT2D eigenvalue weighted by atomic mass is 16.3. The van der Waals surface area contributed by atoms with Crippen molar-refractivity contribution in [2.24, 2.45) is 0 Å². The van der Waals surface area contributed by atoms with Gasteiger partial charge in [-0.05, 0) is 42.2 Å². The molecule has 7 rings (SSSR count). The first-order valence-corrected chi connectivity index (χ1v) is 12.5. The zero-order chi connectivity index (χ0) is 24.6. The summed E-state index contributed by atoms with van der Waals surface area (Å²) in [5, 5.41) is 2.17. The van der Waals surface area contributed by atoms with Crippen LogP contribution in [-0.4, -0.2) is 15.0 Å². The third-order valence-electron chi connectivity index (χ3n) is 6.82. The number of furan rings is 1. The molecule has 0 saturated carbocycles. The third-order valence-corrected chi connectivity index (χ3v) is 6.82. The van der Waals surface area contributed by atoms with Gasteiger partial charge in [-0.1, -0.05) is 97.1 Å². The molecule has 2 aromatic heterocycles. The molecule has 1 aliphatic rings. The van der Waals surface area contributed by atoms with Crippen molar-refractivity contribution < 1.29 is 4.42 Å². The van der Waals surface area contributed by atoms with Crippen molar-refractivity contribution in [3.63, 3.8) is 0 Å². The molecule has 37 heavy (non-hydrogen) atoms. The molecule has 4 heteroatoms. The number of aromatic nitrogens is 3. The lowest BCUT2D eigenvalue weighted by atomic mass is 9.99. The summed E-state index contributed by atoms with van der Waals surface area (Å²) >= 11 is 0. The Balaban J connectivity index is 1.47. The van der Waals surface area contributed by atoms with Gasteiger partial charge in [-0.25, -0.2) is 15.0 Å². The fraction of sp³-hybridized carbons (Fsp3) is 0.0606. The molecule has 0 spiro atoms. The van der Waals surface area contributed by atoms with E-state index in [-0.39, 0.29) is 0 Å². The summed E-state index contributed by atoms with van der Waals surface area (Å²) in [5.74, 6) is 2.05. The molecule has 6 aromatic rings.